The summed E-state index contributed by atoms with van der Waals surface area (Å²) in [5.74, 6) is 0.513. The van der Waals surface area contributed by atoms with Crippen molar-refractivity contribution in [3.05, 3.63) is 48.8 Å². The lowest BCUT2D eigenvalue weighted by atomic mass is 9.81. The van der Waals surface area contributed by atoms with Crippen molar-refractivity contribution < 1.29 is 19.4 Å². The van der Waals surface area contributed by atoms with Crippen LogP contribution in [-0.4, -0.2) is 40.1 Å². The monoisotopic (exact) mass is 367 g/mol. The molecule has 1 aliphatic heterocycles. The first-order valence-electron chi connectivity index (χ1n) is 9.04. The third-order valence-electron chi connectivity index (χ3n) is 5.55. The summed E-state index contributed by atoms with van der Waals surface area (Å²) in [6.45, 7) is 0.761. The minimum atomic E-state index is -0.784. The molecule has 0 unspecified atom stereocenters. The summed E-state index contributed by atoms with van der Waals surface area (Å²) in [5, 5.41) is 12.5. The predicted octanol–water partition coefficient (Wildman–Crippen LogP) is 3.59. The smallest absolute Gasteiger partial charge is 0.321 e. The Kier molecular flexibility index (Phi) is 4.43. The molecule has 140 valence electrons. The summed E-state index contributed by atoms with van der Waals surface area (Å²) in [6, 6.07) is 10.3. The number of pyridine rings is 1. The number of carbonyl (C=O) groups excluding carboxylic acids is 1. The van der Waals surface area contributed by atoms with Crippen LogP contribution in [0.25, 0.3) is 0 Å². The zero-order valence-corrected chi connectivity index (χ0v) is 14.8. The van der Waals surface area contributed by atoms with Gasteiger partial charge in [-0.3, -0.25) is 9.78 Å². The van der Waals surface area contributed by atoms with Gasteiger partial charge in [0, 0.05) is 37.2 Å². The number of carbonyl (C=O) groups is 2. The molecule has 2 N–H and O–H groups in total. The molecule has 0 bridgehead atoms. The van der Waals surface area contributed by atoms with Gasteiger partial charge in [0.1, 0.15) is 11.5 Å². The maximum absolute atomic E-state index is 12.7. The molecule has 1 aromatic heterocycles. The van der Waals surface area contributed by atoms with Crippen molar-refractivity contribution in [2.45, 2.75) is 19.3 Å². The molecule has 27 heavy (non-hydrogen) atoms. The summed E-state index contributed by atoms with van der Waals surface area (Å²) < 4.78 is 5.75. The van der Waals surface area contributed by atoms with E-state index >= 15 is 0 Å². The van der Waals surface area contributed by atoms with Crippen LogP contribution in [0, 0.1) is 11.3 Å². The predicted molar refractivity (Wildman–Crippen MR) is 98.8 cm³/mol. The number of hydrogen-bond acceptors (Lipinski definition) is 4. The highest BCUT2D eigenvalue weighted by molar-refractivity contribution is 5.90. The molecule has 2 amide bonds. The van der Waals surface area contributed by atoms with Gasteiger partial charge in [0.15, 0.2) is 0 Å². The third-order valence-corrected chi connectivity index (χ3v) is 5.55. The fraction of sp³-hybridized carbons (Fsp3) is 0.350. The lowest BCUT2D eigenvalue weighted by molar-refractivity contribution is -0.149. The van der Waals surface area contributed by atoms with Gasteiger partial charge in [-0.2, -0.15) is 0 Å². The average molecular weight is 367 g/mol. The number of aromatic nitrogens is 1. The Bertz CT molecular complexity index is 857. The zero-order chi connectivity index (χ0) is 18.9. The van der Waals surface area contributed by atoms with Gasteiger partial charge in [-0.05, 0) is 43.0 Å². The molecule has 2 aromatic rings. The molecule has 0 spiro atoms. The maximum Gasteiger partial charge on any atom is 0.321 e. The van der Waals surface area contributed by atoms with Crippen LogP contribution in [0.2, 0.25) is 0 Å². The molecule has 2 heterocycles. The number of ether oxygens (including phenoxy) is 1. The fourth-order valence-corrected chi connectivity index (χ4v) is 4.18. The van der Waals surface area contributed by atoms with Crippen molar-refractivity contribution >= 4 is 17.7 Å². The van der Waals surface area contributed by atoms with Gasteiger partial charge in [-0.1, -0.05) is 12.5 Å². The van der Waals surface area contributed by atoms with Crippen LogP contribution in [0.5, 0.6) is 11.5 Å². The number of carboxylic acid groups (broad SMARTS) is 1. The molecule has 2 fully saturated rings. The first-order valence-corrected chi connectivity index (χ1v) is 9.04. The standard InChI is InChI=1S/C20H21N3O4/c24-18(25)20-8-2-3-14(20)12-23(13-20)19(26)22-15-4-1-5-17(11-15)27-16-6-9-21-10-7-16/h1,4-7,9-11,14H,2-3,8,12-13H2,(H,22,26)(H,24,25)/t14-,20+/m0/s1. The van der Waals surface area contributed by atoms with E-state index in [0.717, 1.165) is 12.8 Å². The van der Waals surface area contributed by atoms with Gasteiger partial charge >= 0.3 is 12.0 Å². The highest BCUT2D eigenvalue weighted by Crippen LogP contribution is 2.48. The molecule has 2 aliphatic rings. The number of benzene rings is 1. The lowest BCUT2D eigenvalue weighted by Gasteiger charge is -2.23. The molecule has 2 atom stereocenters. The number of hydrogen-bond donors (Lipinski definition) is 2. The van der Waals surface area contributed by atoms with Crippen LogP contribution < -0.4 is 10.1 Å². The second-order valence-electron chi connectivity index (χ2n) is 7.17. The summed E-state index contributed by atoms with van der Waals surface area (Å²) in [7, 11) is 0. The van der Waals surface area contributed by atoms with E-state index < -0.39 is 11.4 Å². The lowest BCUT2D eigenvalue weighted by Crippen LogP contribution is -2.38. The number of amides is 2. The van der Waals surface area contributed by atoms with Crippen molar-refractivity contribution in [1.29, 1.82) is 0 Å². The van der Waals surface area contributed by atoms with Crippen molar-refractivity contribution in [3.63, 3.8) is 0 Å². The number of nitrogens with one attached hydrogen (secondary N) is 1. The molecule has 7 nitrogen and oxygen atoms in total. The van der Waals surface area contributed by atoms with E-state index in [2.05, 4.69) is 10.3 Å². The SMILES string of the molecule is O=C(Nc1cccc(Oc2ccncc2)c1)N1C[C@@H]2CCC[C@@]2(C(=O)O)C1. The Morgan fingerprint density at radius 1 is 1.22 bits per heavy atom. The molecular weight excluding hydrogens is 346 g/mol. The Morgan fingerprint density at radius 2 is 2.04 bits per heavy atom. The molecule has 4 rings (SSSR count). The highest BCUT2D eigenvalue weighted by Gasteiger charge is 2.55. The highest BCUT2D eigenvalue weighted by atomic mass is 16.5. The second-order valence-corrected chi connectivity index (χ2v) is 7.17. The number of anilines is 1. The van der Waals surface area contributed by atoms with Gasteiger partial charge in [0.2, 0.25) is 0 Å². The third kappa shape index (κ3) is 3.32. The minimum absolute atomic E-state index is 0.0436. The largest absolute Gasteiger partial charge is 0.481 e. The van der Waals surface area contributed by atoms with Gasteiger partial charge in [0.25, 0.3) is 0 Å². The summed E-state index contributed by atoms with van der Waals surface area (Å²) in [6.07, 6.45) is 5.71. The van der Waals surface area contributed by atoms with Gasteiger partial charge in [0.05, 0.1) is 5.41 Å². The van der Waals surface area contributed by atoms with E-state index in [-0.39, 0.29) is 18.5 Å². The quantitative estimate of drug-likeness (QED) is 0.862. The summed E-state index contributed by atoms with van der Waals surface area (Å²) in [4.78, 5) is 30.0. The van der Waals surface area contributed by atoms with E-state index in [1.807, 2.05) is 0 Å². The normalized spacial score (nSPS) is 23.7. The van der Waals surface area contributed by atoms with E-state index in [9.17, 15) is 14.7 Å². The van der Waals surface area contributed by atoms with E-state index in [1.54, 1.807) is 53.7 Å². The number of rotatable bonds is 4. The van der Waals surface area contributed by atoms with Crippen molar-refractivity contribution in [2.24, 2.45) is 11.3 Å². The summed E-state index contributed by atoms with van der Waals surface area (Å²) in [5.41, 5.74) is -0.170. The molecule has 1 saturated heterocycles. The van der Waals surface area contributed by atoms with Gasteiger partial charge < -0.3 is 20.1 Å². The van der Waals surface area contributed by atoms with Crippen molar-refractivity contribution in [1.82, 2.24) is 9.88 Å². The average Bonchev–Trinajstić information content (AvgIpc) is 3.21. The van der Waals surface area contributed by atoms with E-state index in [1.165, 1.54) is 0 Å². The summed E-state index contributed by atoms with van der Waals surface area (Å²) >= 11 is 0. The van der Waals surface area contributed by atoms with Crippen LogP contribution in [0.3, 0.4) is 0 Å². The molecule has 7 heteroatoms. The van der Waals surface area contributed by atoms with Gasteiger partial charge in [-0.25, -0.2) is 4.79 Å². The molecule has 1 aliphatic carbocycles. The number of likely N-dealkylation sites (tertiary alicyclic amines) is 1. The molecule has 1 aromatic carbocycles. The molecular formula is C20H21N3O4. The Labute approximate surface area is 157 Å². The number of carboxylic acids is 1. The van der Waals surface area contributed by atoms with E-state index in [0.29, 0.717) is 30.2 Å². The first-order chi connectivity index (χ1) is 13.1. The van der Waals surface area contributed by atoms with Crippen molar-refractivity contribution in [2.75, 3.05) is 18.4 Å². The number of aliphatic carboxylic acids is 1. The Balaban J connectivity index is 1.43. The first kappa shape index (κ1) is 17.3. The van der Waals surface area contributed by atoms with Crippen LogP contribution in [0.15, 0.2) is 48.8 Å². The van der Waals surface area contributed by atoms with Crippen LogP contribution in [-0.2, 0) is 4.79 Å². The number of urea groups is 1. The number of nitrogens with zero attached hydrogens (tertiary/aromatic N) is 2. The van der Waals surface area contributed by atoms with Crippen molar-refractivity contribution in [3.8, 4) is 11.5 Å². The van der Waals surface area contributed by atoms with E-state index in [4.69, 9.17) is 4.74 Å². The molecule has 1 saturated carbocycles. The van der Waals surface area contributed by atoms with Gasteiger partial charge in [-0.15, -0.1) is 0 Å². The fourth-order valence-electron chi connectivity index (χ4n) is 4.18. The second kappa shape index (κ2) is 6.90. The van der Waals surface area contributed by atoms with Crippen LogP contribution in [0.1, 0.15) is 19.3 Å². The topological polar surface area (TPSA) is 91.8 Å². The number of fused-ring (bicyclic) bond motifs is 1. The zero-order valence-electron chi connectivity index (χ0n) is 14.8. The molecule has 0 radical (unpaired) electrons. The van der Waals surface area contributed by atoms with Crippen LogP contribution in [0.4, 0.5) is 10.5 Å². The Morgan fingerprint density at radius 3 is 2.78 bits per heavy atom. The van der Waals surface area contributed by atoms with Crippen LogP contribution >= 0.6 is 0 Å². The maximum atomic E-state index is 12.7. The Hall–Kier alpha value is -3.09. The minimum Gasteiger partial charge on any atom is -0.481 e.